The quantitative estimate of drug-likeness (QED) is 0.840. The molecule has 0 amide bonds. The number of aromatic nitrogens is 2. The third kappa shape index (κ3) is 3.40. The summed E-state index contributed by atoms with van der Waals surface area (Å²) in [4.78, 5) is 8.65. The highest BCUT2D eigenvalue weighted by Gasteiger charge is 2.21. The van der Waals surface area contributed by atoms with Crippen LogP contribution in [0.1, 0.15) is 37.2 Å². The first-order valence-electron chi connectivity index (χ1n) is 6.47. The molecule has 17 heavy (non-hydrogen) atoms. The second kappa shape index (κ2) is 5.45. The number of rotatable bonds is 3. The summed E-state index contributed by atoms with van der Waals surface area (Å²) < 4.78 is 0. The van der Waals surface area contributed by atoms with E-state index in [4.69, 9.17) is 5.73 Å². The first-order valence-corrected chi connectivity index (χ1v) is 6.47. The number of hydrogen-bond donors (Lipinski definition) is 2. The van der Waals surface area contributed by atoms with Crippen LogP contribution in [0.2, 0.25) is 0 Å². The van der Waals surface area contributed by atoms with Gasteiger partial charge in [0.2, 0.25) is 0 Å². The van der Waals surface area contributed by atoms with Crippen LogP contribution in [0.25, 0.3) is 0 Å². The molecule has 0 bridgehead atoms. The summed E-state index contributed by atoms with van der Waals surface area (Å²) in [5.41, 5.74) is 7.14. The Kier molecular flexibility index (Phi) is 3.94. The van der Waals surface area contributed by atoms with E-state index in [0.29, 0.717) is 12.0 Å². The van der Waals surface area contributed by atoms with Crippen LogP contribution in [0.15, 0.2) is 6.07 Å². The second-order valence-corrected chi connectivity index (χ2v) is 5.03. The smallest absolute Gasteiger partial charge is 0.129 e. The van der Waals surface area contributed by atoms with Gasteiger partial charge < -0.3 is 11.1 Å². The van der Waals surface area contributed by atoms with Crippen molar-refractivity contribution in [1.29, 1.82) is 0 Å². The highest BCUT2D eigenvalue weighted by molar-refractivity contribution is 5.35. The van der Waals surface area contributed by atoms with Crippen LogP contribution in [0.5, 0.6) is 0 Å². The van der Waals surface area contributed by atoms with Gasteiger partial charge in [-0.3, -0.25) is 0 Å². The molecule has 0 spiro atoms. The fourth-order valence-corrected chi connectivity index (χ4v) is 2.53. The van der Waals surface area contributed by atoms with Crippen molar-refractivity contribution < 1.29 is 0 Å². The van der Waals surface area contributed by atoms with Crippen LogP contribution in [0, 0.1) is 19.8 Å². The SMILES string of the molecule is Cc1cc(NCC2CCCCC2N)nc(C)n1. The Balaban J connectivity index is 1.92. The lowest BCUT2D eigenvalue weighted by Crippen LogP contribution is -2.37. The van der Waals surface area contributed by atoms with Crippen molar-refractivity contribution >= 4 is 5.82 Å². The van der Waals surface area contributed by atoms with Crippen molar-refractivity contribution in [3.63, 3.8) is 0 Å². The van der Waals surface area contributed by atoms with Crippen molar-refractivity contribution in [1.82, 2.24) is 9.97 Å². The number of aryl methyl sites for hydroxylation is 2. The Morgan fingerprint density at radius 3 is 2.76 bits per heavy atom. The largest absolute Gasteiger partial charge is 0.370 e. The average Bonchev–Trinajstić information content (AvgIpc) is 2.27. The van der Waals surface area contributed by atoms with Gasteiger partial charge in [0.15, 0.2) is 0 Å². The Morgan fingerprint density at radius 2 is 2.06 bits per heavy atom. The van der Waals surface area contributed by atoms with E-state index >= 15 is 0 Å². The van der Waals surface area contributed by atoms with Crippen LogP contribution < -0.4 is 11.1 Å². The predicted molar refractivity (Wildman–Crippen MR) is 69.9 cm³/mol. The Labute approximate surface area is 103 Å². The van der Waals surface area contributed by atoms with Crippen LogP contribution >= 0.6 is 0 Å². The standard InChI is InChI=1S/C13H22N4/c1-9-7-13(17-10(2)16-9)15-8-11-5-3-4-6-12(11)14/h7,11-12H,3-6,8,14H2,1-2H3,(H,15,16,17). The minimum atomic E-state index is 0.347. The number of hydrogen-bond acceptors (Lipinski definition) is 4. The lowest BCUT2D eigenvalue weighted by Gasteiger charge is -2.28. The minimum absolute atomic E-state index is 0.347. The van der Waals surface area contributed by atoms with Crippen molar-refractivity contribution in [2.24, 2.45) is 11.7 Å². The zero-order valence-electron chi connectivity index (χ0n) is 10.7. The summed E-state index contributed by atoms with van der Waals surface area (Å²) in [6.45, 7) is 4.84. The van der Waals surface area contributed by atoms with E-state index < -0.39 is 0 Å². The van der Waals surface area contributed by atoms with Crippen molar-refractivity contribution in [2.75, 3.05) is 11.9 Å². The van der Waals surface area contributed by atoms with E-state index in [-0.39, 0.29) is 0 Å². The second-order valence-electron chi connectivity index (χ2n) is 5.03. The zero-order chi connectivity index (χ0) is 12.3. The van der Waals surface area contributed by atoms with Crippen molar-refractivity contribution in [3.05, 3.63) is 17.6 Å². The molecule has 2 rings (SSSR count). The maximum absolute atomic E-state index is 6.13. The van der Waals surface area contributed by atoms with Gasteiger partial charge in [0.1, 0.15) is 11.6 Å². The normalized spacial score (nSPS) is 24.6. The van der Waals surface area contributed by atoms with Crippen LogP contribution in [-0.2, 0) is 0 Å². The summed E-state index contributed by atoms with van der Waals surface area (Å²) in [5, 5.41) is 3.40. The van der Waals surface area contributed by atoms with Gasteiger partial charge in [-0.15, -0.1) is 0 Å². The molecular formula is C13H22N4. The summed E-state index contributed by atoms with van der Waals surface area (Å²) in [7, 11) is 0. The van der Waals surface area contributed by atoms with E-state index in [9.17, 15) is 0 Å². The molecule has 2 unspecified atom stereocenters. The van der Waals surface area contributed by atoms with Gasteiger partial charge in [-0.25, -0.2) is 9.97 Å². The Bertz CT molecular complexity index is 357. The van der Waals surface area contributed by atoms with Gasteiger partial charge in [0.05, 0.1) is 0 Å². The molecule has 1 heterocycles. The molecular weight excluding hydrogens is 212 g/mol. The summed E-state index contributed by atoms with van der Waals surface area (Å²) in [6, 6.07) is 2.33. The molecule has 1 aromatic rings. The zero-order valence-corrected chi connectivity index (χ0v) is 10.7. The lowest BCUT2D eigenvalue weighted by atomic mass is 9.85. The van der Waals surface area contributed by atoms with Gasteiger partial charge in [-0.1, -0.05) is 12.8 Å². The molecule has 2 atom stereocenters. The molecule has 4 nitrogen and oxygen atoms in total. The third-order valence-corrected chi connectivity index (χ3v) is 3.48. The van der Waals surface area contributed by atoms with Gasteiger partial charge in [0, 0.05) is 24.3 Å². The van der Waals surface area contributed by atoms with Crippen molar-refractivity contribution in [3.8, 4) is 0 Å². The van der Waals surface area contributed by atoms with E-state index in [2.05, 4.69) is 15.3 Å². The maximum atomic E-state index is 6.13. The van der Waals surface area contributed by atoms with E-state index in [1.165, 1.54) is 19.3 Å². The molecule has 1 aromatic heterocycles. The molecule has 94 valence electrons. The van der Waals surface area contributed by atoms with Crippen LogP contribution in [-0.4, -0.2) is 22.6 Å². The highest BCUT2D eigenvalue weighted by Crippen LogP contribution is 2.23. The van der Waals surface area contributed by atoms with Crippen molar-refractivity contribution in [2.45, 2.75) is 45.6 Å². The van der Waals surface area contributed by atoms with E-state index in [0.717, 1.165) is 30.3 Å². The fourth-order valence-electron chi connectivity index (χ4n) is 2.53. The van der Waals surface area contributed by atoms with Crippen LogP contribution in [0.4, 0.5) is 5.82 Å². The van der Waals surface area contributed by atoms with Gasteiger partial charge in [0.25, 0.3) is 0 Å². The molecule has 0 aliphatic heterocycles. The Hall–Kier alpha value is -1.16. The molecule has 1 aliphatic rings. The van der Waals surface area contributed by atoms with Gasteiger partial charge >= 0.3 is 0 Å². The first kappa shape index (κ1) is 12.3. The summed E-state index contributed by atoms with van der Waals surface area (Å²) in [5.74, 6) is 2.33. The van der Waals surface area contributed by atoms with E-state index in [1.54, 1.807) is 0 Å². The van der Waals surface area contributed by atoms with Crippen LogP contribution in [0.3, 0.4) is 0 Å². The third-order valence-electron chi connectivity index (χ3n) is 3.48. The molecule has 1 fully saturated rings. The average molecular weight is 234 g/mol. The first-order chi connectivity index (χ1) is 8.15. The summed E-state index contributed by atoms with van der Waals surface area (Å²) in [6.07, 6.45) is 4.98. The topological polar surface area (TPSA) is 63.8 Å². The lowest BCUT2D eigenvalue weighted by molar-refractivity contribution is 0.321. The molecule has 1 saturated carbocycles. The summed E-state index contributed by atoms with van der Waals surface area (Å²) >= 11 is 0. The number of nitrogens with one attached hydrogen (secondary N) is 1. The minimum Gasteiger partial charge on any atom is -0.370 e. The number of nitrogens with two attached hydrogens (primary N) is 1. The molecule has 0 saturated heterocycles. The maximum Gasteiger partial charge on any atom is 0.129 e. The van der Waals surface area contributed by atoms with Gasteiger partial charge in [-0.2, -0.15) is 0 Å². The number of anilines is 1. The molecule has 4 heteroatoms. The molecule has 0 radical (unpaired) electrons. The Morgan fingerprint density at radius 1 is 1.29 bits per heavy atom. The molecule has 0 aromatic carbocycles. The highest BCUT2D eigenvalue weighted by atomic mass is 15.0. The fraction of sp³-hybridized carbons (Fsp3) is 0.692. The molecule has 3 N–H and O–H groups in total. The van der Waals surface area contributed by atoms with Gasteiger partial charge in [-0.05, 0) is 32.6 Å². The number of nitrogens with zero attached hydrogens (tertiary/aromatic N) is 2. The molecule has 1 aliphatic carbocycles. The predicted octanol–water partition coefficient (Wildman–Crippen LogP) is 2.02. The monoisotopic (exact) mass is 234 g/mol. The van der Waals surface area contributed by atoms with E-state index in [1.807, 2.05) is 19.9 Å².